The molecule has 1 aliphatic rings. The number of likely N-dealkylation sites (tertiary alicyclic amines) is 1. The number of ketones is 1. The van der Waals surface area contributed by atoms with Crippen LogP contribution in [0.5, 0.6) is 0 Å². The molecule has 7 heteroatoms. The Hall–Kier alpha value is -2.70. The van der Waals surface area contributed by atoms with Crippen molar-refractivity contribution in [2.45, 2.75) is 26.2 Å². The van der Waals surface area contributed by atoms with Crippen molar-refractivity contribution in [3.8, 4) is 0 Å². The smallest absolute Gasteiger partial charge is 0.313 e. The first-order chi connectivity index (χ1) is 11.5. The highest BCUT2D eigenvalue weighted by atomic mass is 16.2. The van der Waals surface area contributed by atoms with Crippen LogP contribution < -0.4 is 10.6 Å². The molecule has 1 fully saturated rings. The number of carbonyl (C=O) groups excluding carboxylic acids is 4. The first-order valence-electron chi connectivity index (χ1n) is 7.95. The third-order valence-corrected chi connectivity index (χ3v) is 3.79. The van der Waals surface area contributed by atoms with Crippen molar-refractivity contribution in [1.82, 2.24) is 10.2 Å². The molecule has 0 spiro atoms. The summed E-state index contributed by atoms with van der Waals surface area (Å²) in [6.45, 7) is 3.10. The molecule has 0 atom stereocenters. The number of benzene rings is 1. The highest BCUT2D eigenvalue weighted by molar-refractivity contribution is 6.39. The average molecular weight is 331 g/mol. The van der Waals surface area contributed by atoms with Crippen molar-refractivity contribution in [3.63, 3.8) is 0 Å². The van der Waals surface area contributed by atoms with Crippen LogP contribution in [0.15, 0.2) is 24.3 Å². The van der Waals surface area contributed by atoms with E-state index in [1.165, 1.54) is 13.0 Å². The van der Waals surface area contributed by atoms with Crippen LogP contribution in [0.1, 0.15) is 36.5 Å². The Bertz CT molecular complexity index is 657. The maximum Gasteiger partial charge on any atom is 0.313 e. The van der Waals surface area contributed by atoms with E-state index in [0.29, 0.717) is 37.2 Å². The van der Waals surface area contributed by atoms with Gasteiger partial charge in [0, 0.05) is 37.3 Å². The van der Waals surface area contributed by atoms with Crippen LogP contribution in [-0.4, -0.2) is 48.0 Å². The molecule has 1 aromatic carbocycles. The van der Waals surface area contributed by atoms with Gasteiger partial charge < -0.3 is 15.5 Å². The largest absolute Gasteiger partial charge is 0.348 e. The zero-order valence-electron chi connectivity index (χ0n) is 13.6. The number of anilines is 1. The van der Waals surface area contributed by atoms with E-state index in [1.807, 2.05) is 0 Å². The Morgan fingerprint density at radius 2 is 2.00 bits per heavy atom. The second-order valence-corrected chi connectivity index (χ2v) is 5.68. The monoisotopic (exact) mass is 331 g/mol. The van der Waals surface area contributed by atoms with Gasteiger partial charge in [0.05, 0.1) is 0 Å². The van der Waals surface area contributed by atoms with Crippen LogP contribution in [0.3, 0.4) is 0 Å². The van der Waals surface area contributed by atoms with E-state index in [9.17, 15) is 19.2 Å². The number of rotatable bonds is 6. The first-order valence-corrected chi connectivity index (χ1v) is 7.95. The zero-order chi connectivity index (χ0) is 17.5. The second kappa shape index (κ2) is 8.24. The van der Waals surface area contributed by atoms with Crippen molar-refractivity contribution in [2.75, 3.05) is 25.0 Å². The van der Waals surface area contributed by atoms with E-state index in [2.05, 4.69) is 10.6 Å². The summed E-state index contributed by atoms with van der Waals surface area (Å²) in [5, 5.41) is 4.98. The Morgan fingerprint density at radius 1 is 1.21 bits per heavy atom. The van der Waals surface area contributed by atoms with Crippen molar-refractivity contribution in [2.24, 2.45) is 0 Å². The van der Waals surface area contributed by atoms with Gasteiger partial charge >= 0.3 is 11.8 Å². The van der Waals surface area contributed by atoms with Crippen LogP contribution in [0, 0.1) is 0 Å². The fourth-order valence-corrected chi connectivity index (χ4v) is 2.50. The van der Waals surface area contributed by atoms with Gasteiger partial charge in [-0.15, -0.1) is 0 Å². The minimum Gasteiger partial charge on any atom is -0.348 e. The van der Waals surface area contributed by atoms with Gasteiger partial charge in [0.2, 0.25) is 5.91 Å². The van der Waals surface area contributed by atoms with Gasteiger partial charge in [0.25, 0.3) is 0 Å². The highest BCUT2D eigenvalue weighted by Crippen LogP contribution is 2.11. The van der Waals surface area contributed by atoms with E-state index < -0.39 is 11.8 Å². The number of carbonyl (C=O) groups is 4. The molecule has 128 valence electrons. The lowest BCUT2D eigenvalue weighted by Crippen LogP contribution is -2.37. The van der Waals surface area contributed by atoms with E-state index in [4.69, 9.17) is 0 Å². The van der Waals surface area contributed by atoms with Crippen molar-refractivity contribution in [1.29, 1.82) is 0 Å². The maximum absolute atomic E-state index is 11.8. The van der Waals surface area contributed by atoms with Crippen molar-refractivity contribution < 1.29 is 19.2 Å². The van der Waals surface area contributed by atoms with Crippen LogP contribution >= 0.6 is 0 Å². The van der Waals surface area contributed by atoms with Crippen LogP contribution in [0.4, 0.5) is 5.69 Å². The third kappa shape index (κ3) is 4.91. The molecule has 0 saturated carbocycles. The maximum atomic E-state index is 11.8. The normalized spacial score (nSPS) is 13.7. The lowest BCUT2D eigenvalue weighted by atomic mass is 10.1. The summed E-state index contributed by atoms with van der Waals surface area (Å²) in [6, 6.07) is 6.40. The lowest BCUT2D eigenvalue weighted by Gasteiger charge is -2.15. The molecule has 24 heavy (non-hydrogen) atoms. The van der Waals surface area contributed by atoms with Crippen LogP contribution in [0.2, 0.25) is 0 Å². The van der Waals surface area contributed by atoms with Gasteiger partial charge in [0.15, 0.2) is 5.78 Å². The summed E-state index contributed by atoms with van der Waals surface area (Å²) in [5.74, 6) is -1.50. The first kappa shape index (κ1) is 17.7. The minimum atomic E-state index is -0.784. The molecular formula is C17H21N3O4. The van der Waals surface area contributed by atoms with E-state index in [0.717, 1.165) is 13.0 Å². The highest BCUT2D eigenvalue weighted by Gasteiger charge is 2.19. The van der Waals surface area contributed by atoms with E-state index in [-0.39, 0.29) is 11.7 Å². The molecule has 0 bridgehead atoms. The predicted octanol–water partition coefficient (Wildman–Crippen LogP) is 0.956. The summed E-state index contributed by atoms with van der Waals surface area (Å²) in [7, 11) is 0. The number of amides is 3. The predicted molar refractivity (Wildman–Crippen MR) is 88.5 cm³/mol. The fourth-order valence-electron chi connectivity index (χ4n) is 2.50. The summed E-state index contributed by atoms with van der Waals surface area (Å²) in [4.78, 5) is 48.1. The van der Waals surface area contributed by atoms with Gasteiger partial charge in [-0.3, -0.25) is 19.2 Å². The topological polar surface area (TPSA) is 95.6 Å². The Morgan fingerprint density at radius 3 is 2.67 bits per heavy atom. The van der Waals surface area contributed by atoms with Gasteiger partial charge in [-0.25, -0.2) is 0 Å². The molecular weight excluding hydrogens is 310 g/mol. The lowest BCUT2D eigenvalue weighted by molar-refractivity contribution is -0.136. The molecule has 3 amide bonds. The molecule has 7 nitrogen and oxygen atoms in total. The van der Waals surface area contributed by atoms with E-state index >= 15 is 0 Å². The summed E-state index contributed by atoms with van der Waals surface area (Å²) in [5.41, 5.74) is 0.856. The molecule has 1 aromatic rings. The molecule has 1 aliphatic heterocycles. The molecule has 0 unspecified atom stereocenters. The van der Waals surface area contributed by atoms with Gasteiger partial charge in [-0.1, -0.05) is 12.1 Å². The van der Waals surface area contributed by atoms with Gasteiger partial charge in [0.1, 0.15) is 0 Å². The summed E-state index contributed by atoms with van der Waals surface area (Å²) in [6.07, 6.45) is 2.07. The van der Waals surface area contributed by atoms with Crippen molar-refractivity contribution >= 4 is 29.2 Å². The van der Waals surface area contributed by atoms with Crippen molar-refractivity contribution in [3.05, 3.63) is 29.8 Å². The Labute approximate surface area is 140 Å². The average Bonchev–Trinajstić information content (AvgIpc) is 2.96. The summed E-state index contributed by atoms with van der Waals surface area (Å²) >= 11 is 0. The number of nitrogens with one attached hydrogen (secondary N) is 2. The van der Waals surface area contributed by atoms with Crippen LogP contribution in [0.25, 0.3) is 0 Å². The fraction of sp³-hybridized carbons (Fsp3) is 0.412. The molecule has 0 aromatic heterocycles. The van der Waals surface area contributed by atoms with Gasteiger partial charge in [-0.05, 0) is 31.9 Å². The third-order valence-electron chi connectivity index (χ3n) is 3.79. The number of hydrogen-bond acceptors (Lipinski definition) is 4. The number of hydrogen-bond donors (Lipinski definition) is 2. The van der Waals surface area contributed by atoms with Gasteiger partial charge in [-0.2, -0.15) is 0 Å². The molecule has 1 saturated heterocycles. The molecule has 0 radical (unpaired) electrons. The zero-order valence-corrected chi connectivity index (χ0v) is 13.6. The van der Waals surface area contributed by atoms with Crippen LogP contribution in [-0.2, 0) is 14.4 Å². The summed E-state index contributed by atoms with van der Waals surface area (Å²) < 4.78 is 0. The number of Topliss-reactive ketones (excluding diaryl/α,β-unsaturated/α-hetero) is 1. The second-order valence-electron chi connectivity index (χ2n) is 5.68. The Kier molecular flexibility index (Phi) is 6.06. The minimum absolute atomic E-state index is 0.119. The number of nitrogens with zero attached hydrogens (tertiary/aromatic N) is 1. The Balaban J connectivity index is 1.74. The quantitative estimate of drug-likeness (QED) is 0.461. The molecule has 2 N–H and O–H groups in total. The molecule has 1 heterocycles. The molecule has 0 aliphatic carbocycles. The standard InChI is InChI=1S/C17H21N3O4/c1-12(21)13-5-2-6-14(11-13)19-17(24)16(23)18-8-4-10-20-9-3-7-15(20)22/h2,5-6,11H,3-4,7-10H2,1H3,(H,18,23)(H,19,24). The SMILES string of the molecule is CC(=O)c1cccc(NC(=O)C(=O)NCCCN2CCCC2=O)c1. The van der Waals surface area contributed by atoms with E-state index in [1.54, 1.807) is 23.1 Å². The molecule has 2 rings (SSSR count).